The predicted octanol–water partition coefficient (Wildman–Crippen LogP) is 6.74. The zero-order valence-corrected chi connectivity index (χ0v) is 20.5. The van der Waals surface area contributed by atoms with Gasteiger partial charge in [-0.15, -0.1) is 0 Å². The van der Waals surface area contributed by atoms with Crippen LogP contribution in [0.25, 0.3) is 0 Å². The summed E-state index contributed by atoms with van der Waals surface area (Å²) in [5.41, 5.74) is 3.72. The zero-order valence-electron chi connectivity index (χ0n) is 20.5. The number of benzene rings is 3. The first-order valence-corrected chi connectivity index (χ1v) is 12.3. The lowest BCUT2D eigenvalue weighted by atomic mass is 9.83. The number of esters is 1. The smallest absolute Gasteiger partial charge is 0.303 e. The third kappa shape index (κ3) is 6.34. The van der Waals surface area contributed by atoms with Gasteiger partial charge in [0.25, 0.3) is 0 Å². The molecule has 1 aliphatic heterocycles. The fourth-order valence-electron chi connectivity index (χ4n) is 5.23. The second-order valence-corrected chi connectivity index (χ2v) is 9.60. The summed E-state index contributed by atoms with van der Waals surface area (Å²) < 4.78 is 32.9. The van der Waals surface area contributed by atoms with Crippen LogP contribution in [0.1, 0.15) is 60.8 Å². The normalized spacial score (nSPS) is 15.8. The van der Waals surface area contributed by atoms with E-state index in [1.807, 2.05) is 30.3 Å². The first-order chi connectivity index (χ1) is 16.8. The van der Waals surface area contributed by atoms with Crippen molar-refractivity contribution in [2.45, 2.75) is 51.0 Å². The molecular formula is C30H33F2NO2. The van der Waals surface area contributed by atoms with Crippen LogP contribution in [-0.2, 0) is 15.1 Å². The molecule has 4 rings (SSSR count). The van der Waals surface area contributed by atoms with E-state index in [0.717, 1.165) is 67.6 Å². The third-order valence-corrected chi connectivity index (χ3v) is 7.06. The Balaban J connectivity index is 1.40. The van der Waals surface area contributed by atoms with Crippen molar-refractivity contribution < 1.29 is 18.3 Å². The van der Waals surface area contributed by atoms with E-state index < -0.39 is 5.60 Å². The number of ether oxygens (including phenoxy) is 1. The van der Waals surface area contributed by atoms with Gasteiger partial charge in [-0.25, -0.2) is 8.78 Å². The van der Waals surface area contributed by atoms with Crippen LogP contribution in [0.2, 0.25) is 0 Å². The highest BCUT2D eigenvalue weighted by Crippen LogP contribution is 2.38. The Morgan fingerprint density at radius 1 is 0.943 bits per heavy atom. The molecule has 0 saturated carbocycles. The van der Waals surface area contributed by atoms with Crippen molar-refractivity contribution in [3.8, 4) is 0 Å². The Morgan fingerprint density at radius 2 is 1.51 bits per heavy atom. The predicted molar refractivity (Wildman–Crippen MR) is 134 cm³/mol. The van der Waals surface area contributed by atoms with Gasteiger partial charge >= 0.3 is 5.97 Å². The number of rotatable bonds is 8. The lowest BCUT2D eigenvalue weighted by Gasteiger charge is -2.41. The second kappa shape index (κ2) is 11.1. The number of hydrogen-bond donors (Lipinski definition) is 0. The van der Waals surface area contributed by atoms with Gasteiger partial charge in [0.1, 0.15) is 17.2 Å². The fourth-order valence-corrected chi connectivity index (χ4v) is 5.23. The molecule has 184 valence electrons. The van der Waals surface area contributed by atoms with Crippen molar-refractivity contribution in [1.29, 1.82) is 0 Å². The van der Waals surface area contributed by atoms with E-state index in [4.69, 9.17) is 4.74 Å². The van der Waals surface area contributed by atoms with Crippen molar-refractivity contribution in [1.82, 2.24) is 4.90 Å². The van der Waals surface area contributed by atoms with E-state index in [9.17, 15) is 13.6 Å². The molecule has 5 heteroatoms. The number of carbonyl (C=O) groups excluding carboxylic acids is 1. The van der Waals surface area contributed by atoms with Gasteiger partial charge in [0.05, 0.1) is 0 Å². The molecule has 0 bridgehead atoms. The molecule has 1 heterocycles. The van der Waals surface area contributed by atoms with Crippen LogP contribution < -0.4 is 0 Å². The van der Waals surface area contributed by atoms with Crippen LogP contribution in [0.15, 0.2) is 72.8 Å². The molecule has 3 aromatic carbocycles. The van der Waals surface area contributed by atoms with Gasteiger partial charge in [0.15, 0.2) is 0 Å². The molecule has 1 aliphatic rings. The number of halogens is 2. The van der Waals surface area contributed by atoms with Crippen molar-refractivity contribution in [2.75, 3.05) is 19.6 Å². The summed E-state index contributed by atoms with van der Waals surface area (Å²) in [5, 5.41) is 0. The summed E-state index contributed by atoms with van der Waals surface area (Å²) >= 11 is 0. The molecule has 0 unspecified atom stereocenters. The molecule has 0 N–H and O–H groups in total. The van der Waals surface area contributed by atoms with Gasteiger partial charge in [-0.3, -0.25) is 4.79 Å². The topological polar surface area (TPSA) is 29.5 Å². The van der Waals surface area contributed by atoms with E-state index in [1.54, 1.807) is 0 Å². The highest BCUT2D eigenvalue weighted by Gasteiger charge is 2.39. The molecule has 1 fully saturated rings. The van der Waals surface area contributed by atoms with Crippen molar-refractivity contribution in [3.63, 3.8) is 0 Å². The van der Waals surface area contributed by atoms with Crippen LogP contribution >= 0.6 is 0 Å². The summed E-state index contributed by atoms with van der Waals surface area (Å²) in [5.74, 6) is -0.690. The molecule has 0 atom stereocenters. The average molecular weight is 478 g/mol. The Bertz CT molecular complexity index is 1070. The Kier molecular flexibility index (Phi) is 7.97. The Labute approximate surface area is 206 Å². The first-order valence-electron chi connectivity index (χ1n) is 12.3. The second-order valence-electron chi connectivity index (χ2n) is 9.60. The number of hydrogen-bond acceptors (Lipinski definition) is 3. The van der Waals surface area contributed by atoms with Crippen molar-refractivity contribution >= 4 is 5.97 Å². The fraction of sp³-hybridized carbons (Fsp3) is 0.367. The number of likely N-dealkylation sites (tertiary alicyclic amines) is 1. The lowest BCUT2D eigenvalue weighted by Crippen LogP contribution is -2.45. The minimum atomic E-state index is -0.570. The Morgan fingerprint density at radius 3 is 2.03 bits per heavy atom. The maximum atomic E-state index is 13.5. The molecule has 0 aromatic heterocycles. The van der Waals surface area contributed by atoms with E-state index in [1.165, 1.54) is 31.2 Å². The average Bonchev–Trinajstić information content (AvgIpc) is 2.84. The number of aryl methyl sites for hydroxylation is 1. The molecule has 35 heavy (non-hydrogen) atoms. The minimum absolute atomic E-state index is 0.0772. The van der Waals surface area contributed by atoms with Crippen molar-refractivity contribution in [2.24, 2.45) is 0 Å². The largest absolute Gasteiger partial charge is 0.454 e. The molecule has 3 nitrogen and oxygen atoms in total. The highest BCUT2D eigenvalue weighted by molar-refractivity contribution is 5.67. The summed E-state index contributed by atoms with van der Waals surface area (Å²) in [6.45, 7) is 6.15. The van der Waals surface area contributed by atoms with Gasteiger partial charge in [0.2, 0.25) is 0 Å². The molecule has 0 radical (unpaired) electrons. The van der Waals surface area contributed by atoms with Crippen LogP contribution in [-0.4, -0.2) is 30.5 Å². The standard InChI is InChI=1S/C30H33F2NO2/c1-22-5-3-6-26(21-22)30(35-23(2)34)16-19-33(20-17-30)18-4-7-29(24-8-12-27(31)13-9-24)25-10-14-28(32)15-11-25/h3,5-6,8-15,21,29H,4,7,16-20H2,1-2H3. The number of carbonyl (C=O) groups is 1. The van der Waals surface area contributed by atoms with E-state index in [-0.39, 0.29) is 23.5 Å². The molecule has 0 amide bonds. The van der Waals surface area contributed by atoms with E-state index >= 15 is 0 Å². The summed E-state index contributed by atoms with van der Waals surface area (Å²) in [7, 11) is 0. The van der Waals surface area contributed by atoms with E-state index in [0.29, 0.717) is 0 Å². The van der Waals surface area contributed by atoms with Crippen LogP contribution in [0.5, 0.6) is 0 Å². The molecule has 0 aliphatic carbocycles. The highest BCUT2D eigenvalue weighted by atomic mass is 19.1. The van der Waals surface area contributed by atoms with Crippen molar-refractivity contribution in [3.05, 3.63) is 107 Å². The summed E-state index contributed by atoms with van der Waals surface area (Å²) in [6, 6.07) is 21.5. The maximum absolute atomic E-state index is 13.5. The lowest BCUT2D eigenvalue weighted by molar-refractivity contribution is -0.164. The molecule has 0 spiro atoms. The van der Waals surface area contributed by atoms with Gasteiger partial charge in [0, 0.05) is 38.8 Å². The molecule has 3 aromatic rings. The molecule has 1 saturated heterocycles. The monoisotopic (exact) mass is 477 g/mol. The van der Waals surface area contributed by atoms with Gasteiger partial charge in [-0.05, 0) is 67.3 Å². The van der Waals surface area contributed by atoms with Crippen LogP contribution in [0.3, 0.4) is 0 Å². The SMILES string of the molecule is CC(=O)OC1(c2cccc(C)c2)CCN(CCCC(c2ccc(F)cc2)c2ccc(F)cc2)CC1. The molecular weight excluding hydrogens is 444 g/mol. The minimum Gasteiger partial charge on any atom is -0.454 e. The van der Waals surface area contributed by atoms with Gasteiger partial charge in [-0.1, -0.05) is 54.1 Å². The van der Waals surface area contributed by atoms with E-state index in [2.05, 4.69) is 30.0 Å². The van der Waals surface area contributed by atoms with Gasteiger partial charge in [-0.2, -0.15) is 0 Å². The summed E-state index contributed by atoms with van der Waals surface area (Å²) in [6.07, 6.45) is 3.34. The van der Waals surface area contributed by atoms with Crippen LogP contribution in [0.4, 0.5) is 8.78 Å². The number of piperidine rings is 1. The quantitative estimate of drug-likeness (QED) is 0.337. The zero-order chi connectivity index (χ0) is 24.8. The third-order valence-electron chi connectivity index (χ3n) is 7.06. The first kappa shape index (κ1) is 25.1. The number of nitrogens with zero attached hydrogens (tertiary/aromatic N) is 1. The summed E-state index contributed by atoms with van der Waals surface area (Å²) in [4.78, 5) is 14.4. The maximum Gasteiger partial charge on any atom is 0.303 e. The van der Waals surface area contributed by atoms with Crippen LogP contribution in [0, 0.1) is 18.6 Å². The van der Waals surface area contributed by atoms with Gasteiger partial charge < -0.3 is 9.64 Å². The Hall–Kier alpha value is -3.05.